The summed E-state index contributed by atoms with van der Waals surface area (Å²) in [5.74, 6) is 0.165. The first-order valence-corrected chi connectivity index (χ1v) is 6.82. The Balaban J connectivity index is 4.49. The van der Waals surface area contributed by atoms with Crippen molar-refractivity contribution in [3.05, 3.63) is 0 Å². The minimum atomic E-state index is -0.523. The van der Waals surface area contributed by atoms with Crippen molar-refractivity contribution in [3.63, 3.8) is 0 Å². The number of nitrogens with one attached hydrogen (secondary N) is 1. The monoisotopic (exact) mass is 263 g/mol. The van der Waals surface area contributed by atoms with Crippen LogP contribution in [0.25, 0.3) is 0 Å². The van der Waals surface area contributed by atoms with Gasteiger partial charge in [0.15, 0.2) is 5.78 Å². The Bertz CT molecular complexity index is 265. The maximum Gasteiger partial charge on any atom is 0.236 e. The number of rotatable bonds is 6. The maximum absolute atomic E-state index is 12.0. The predicted octanol–water partition coefficient (Wildman–Crippen LogP) is 1.91. The van der Waals surface area contributed by atoms with Crippen LogP contribution in [0.3, 0.4) is 0 Å². The van der Waals surface area contributed by atoms with Crippen molar-refractivity contribution in [2.24, 2.45) is 0 Å². The van der Waals surface area contributed by atoms with E-state index in [0.717, 1.165) is 0 Å². The van der Waals surface area contributed by atoms with E-state index in [4.69, 9.17) is 0 Å². The zero-order valence-corrected chi connectivity index (χ0v) is 12.2. The van der Waals surface area contributed by atoms with Gasteiger partial charge < -0.3 is 5.32 Å². The summed E-state index contributed by atoms with van der Waals surface area (Å²) in [4.78, 5) is 23.1. The highest BCUT2D eigenvalue weighted by Gasteiger charge is 2.31. The molecule has 0 aliphatic carbocycles. The minimum Gasteiger partial charge on any atom is -0.344 e. The quantitative estimate of drug-likeness (QED) is 0.720. The van der Waals surface area contributed by atoms with Gasteiger partial charge in [0, 0.05) is 11.0 Å². The topological polar surface area (TPSA) is 46.2 Å². The fourth-order valence-corrected chi connectivity index (χ4v) is 2.94. The van der Waals surface area contributed by atoms with Crippen LogP contribution in [0.1, 0.15) is 34.6 Å². The second-order valence-electron chi connectivity index (χ2n) is 4.50. The molecule has 0 aromatic carbocycles. The molecule has 94 valence electrons. The molecule has 16 heavy (non-hydrogen) atoms. The number of thiol groups is 1. The molecule has 5 heteroatoms. The molecule has 0 bridgehead atoms. The number of ketones is 1. The molecule has 0 aromatic heterocycles. The van der Waals surface area contributed by atoms with Crippen molar-refractivity contribution in [2.45, 2.75) is 50.7 Å². The summed E-state index contributed by atoms with van der Waals surface area (Å²) in [6, 6.07) is -0.483. The molecule has 0 spiro atoms. The third kappa shape index (κ3) is 5.25. The van der Waals surface area contributed by atoms with Gasteiger partial charge in [-0.05, 0) is 20.8 Å². The zero-order valence-electron chi connectivity index (χ0n) is 10.5. The fourth-order valence-electron chi connectivity index (χ4n) is 1.25. The number of thioether (sulfide) groups is 1. The first-order valence-electron chi connectivity index (χ1n) is 5.30. The summed E-state index contributed by atoms with van der Waals surface area (Å²) in [5, 5.41) is 3.09. The lowest BCUT2D eigenvalue weighted by molar-refractivity contribution is -0.127. The molecular weight excluding hydrogens is 242 g/mol. The molecule has 1 atom stereocenters. The molecule has 0 fully saturated rings. The van der Waals surface area contributed by atoms with E-state index in [-0.39, 0.29) is 11.7 Å². The Morgan fingerprint density at radius 1 is 1.38 bits per heavy atom. The molecule has 0 aliphatic heterocycles. The highest BCUT2D eigenvalue weighted by molar-refractivity contribution is 8.01. The van der Waals surface area contributed by atoms with Gasteiger partial charge in [-0.25, -0.2) is 0 Å². The summed E-state index contributed by atoms with van der Waals surface area (Å²) < 4.78 is -0.523. The summed E-state index contributed by atoms with van der Waals surface area (Å²) >= 11 is 5.63. The number of carbonyl (C=O) groups excluding carboxylic acids is 2. The lowest BCUT2D eigenvalue weighted by Crippen LogP contribution is -2.49. The molecule has 3 nitrogen and oxygen atoms in total. The largest absolute Gasteiger partial charge is 0.344 e. The summed E-state index contributed by atoms with van der Waals surface area (Å²) in [6.07, 6.45) is 0. The van der Waals surface area contributed by atoms with Crippen LogP contribution < -0.4 is 5.32 Å². The van der Waals surface area contributed by atoms with Crippen LogP contribution in [0.4, 0.5) is 0 Å². The molecule has 0 saturated carbocycles. The van der Waals surface area contributed by atoms with Crippen LogP contribution in [0, 0.1) is 0 Å². The SMILES string of the molecule is CC(=O)C(CS)NC(=O)C(C)(C)SC(C)C. The second-order valence-corrected chi connectivity index (χ2v) is 7.06. The second kappa shape index (κ2) is 6.55. The Labute approximate surface area is 108 Å². The van der Waals surface area contributed by atoms with E-state index in [0.29, 0.717) is 11.0 Å². The van der Waals surface area contributed by atoms with Crippen molar-refractivity contribution in [1.82, 2.24) is 5.32 Å². The van der Waals surface area contributed by atoms with E-state index in [1.807, 2.05) is 27.7 Å². The third-order valence-corrected chi connectivity index (χ3v) is 3.67. The highest BCUT2D eigenvalue weighted by Crippen LogP contribution is 2.28. The Kier molecular flexibility index (Phi) is 6.48. The summed E-state index contributed by atoms with van der Waals surface area (Å²) in [5.41, 5.74) is 0. The smallest absolute Gasteiger partial charge is 0.236 e. The van der Waals surface area contributed by atoms with Crippen LogP contribution in [0.5, 0.6) is 0 Å². The molecule has 0 heterocycles. The molecule has 0 radical (unpaired) electrons. The van der Waals surface area contributed by atoms with Gasteiger partial charge in [-0.1, -0.05) is 13.8 Å². The van der Waals surface area contributed by atoms with Gasteiger partial charge in [-0.15, -0.1) is 11.8 Å². The normalized spacial score (nSPS) is 13.7. The molecule has 1 unspecified atom stereocenters. The van der Waals surface area contributed by atoms with Crippen molar-refractivity contribution >= 4 is 36.1 Å². The molecule has 1 amide bonds. The number of hydrogen-bond donors (Lipinski definition) is 2. The van der Waals surface area contributed by atoms with Gasteiger partial charge in [0.25, 0.3) is 0 Å². The predicted molar refractivity (Wildman–Crippen MR) is 73.3 cm³/mol. The first-order chi connectivity index (χ1) is 7.20. The van der Waals surface area contributed by atoms with Gasteiger partial charge in [0.1, 0.15) is 0 Å². The highest BCUT2D eigenvalue weighted by atomic mass is 32.2. The van der Waals surface area contributed by atoms with E-state index in [1.165, 1.54) is 6.92 Å². The third-order valence-electron chi connectivity index (χ3n) is 2.06. The van der Waals surface area contributed by atoms with E-state index >= 15 is 0 Å². The van der Waals surface area contributed by atoms with E-state index in [9.17, 15) is 9.59 Å². The van der Waals surface area contributed by atoms with E-state index in [1.54, 1.807) is 11.8 Å². The summed E-state index contributed by atoms with van der Waals surface area (Å²) in [6.45, 7) is 9.27. The van der Waals surface area contributed by atoms with E-state index < -0.39 is 10.8 Å². The van der Waals surface area contributed by atoms with Crippen LogP contribution in [-0.4, -0.2) is 33.5 Å². The number of Topliss-reactive ketones (excluding diaryl/α,β-unsaturated/α-hetero) is 1. The van der Waals surface area contributed by atoms with Crippen molar-refractivity contribution in [2.75, 3.05) is 5.75 Å². The molecule has 0 rings (SSSR count). The number of amides is 1. The van der Waals surface area contributed by atoms with Gasteiger partial charge in [0.2, 0.25) is 5.91 Å². The molecule has 0 aliphatic rings. The Hall–Kier alpha value is -0.160. The molecule has 1 N–H and O–H groups in total. The average molecular weight is 263 g/mol. The first kappa shape index (κ1) is 15.8. The average Bonchev–Trinajstić information content (AvgIpc) is 2.10. The Morgan fingerprint density at radius 2 is 1.88 bits per heavy atom. The molecular formula is C11H21NO2S2. The fraction of sp³-hybridized carbons (Fsp3) is 0.818. The van der Waals surface area contributed by atoms with Crippen LogP contribution in [0.2, 0.25) is 0 Å². The Morgan fingerprint density at radius 3 is 2.19 bits per heavy atom. The van der Waals surface area contributed by atoms with Crippen molar-refractivity contribution in [3.8, 4) is 0 Å². The van der Waals surface area contributed by atoms with Gasteiger partial charge in [-0.2, -0.15) is 12.6 Å². The lowest BCUT2D eigenvalue weighted by atomic mass is 10.1. The standard InChI is InChI=1S/C11H21NO2S2/c1-7(2)16-11(4,5)10(14)12-9(6-15)8(3)13/h7,9,15H,6H2,1-5H3,(H,12,14). The summed E-state index contributed by atoms with van der Waals surface area (Å²) in [7, 11) is 0. The van der Waals surface area contributed by atoms with Gasteiger partial charge >= 0.3 is 0 Å². The van der Waals surface area contributed by atoms with Crippen LogP contribution in [-0.2, 0) is 9.59 Å². The van der Waals surface area contributed by atoms with Crippen LogP contribution >= 0.6 is 24.4 Å². The minimum absolute atomic E-state index is 0.0614. The molecule has 0 saturated heterocycles. The van der Waals surface area contributed by atoms with E-state index in [2.05, 4.69) is 17.9 Å². The van der Waals surface area contributed by atoms with Gasteiger partial charge in [0.05, 0.1) is 10.8 Å². The lowest BCUT2D eigenvalue weighted by Gasteiger charge is -2.27. The van der Waals surface area contributed by atoms with Crippen molar-refractivity contribution in [1.29, 1.82) is 0 Å². The van der Waals surface area contributed by atoms with Crippen LogP contribution in [0.15, 0.2) is 0 Å². The van der Waals surface area contributed by atoms with Crippen molar-refractivity contribution < 1.29 is 9.59 Å². The number of carbonyl (C=O) groups is 2. The van der Waals surface area contributed by atoms with Gasteiger partial charge in [-0.3, -0.25) is 9.59 Å². The zero-order chi connectivity index (χ0) is 12.9. The molecule has 0 aromatic rings. The number of hydrogen-bond acceptors (Lipinski definition) is 4. The maximum atomic E-state index is 12.0.